The summed E-state index contributed by atoms with van der Waals surface area (Å²) in [6.45, 7) is 4.30. The predicted molar refractivity (Wildman–Crippen MR) is 147 cm³/mol. The molecule has 6 nitrogen and oxygen atoms in total. The Kier molecular flexibility index (Phi) is 22.0. The number of rotatable bonds is 23. The van der Waals surface area contributed by atoms with Crippen LogP contribution in [0.5, 0.6) is 0 Å². The number of allylic oxidation sites excluding steroid dienone is 6. The minimum absolute atomic E-state index is 0.282. The van der Waals surface area contributed by atoms with E-state index >= 15 is 0 Å². The molecule has 2 atom stereocenters. The van der Waals surface area contributed by atoms with Crippen LogP contribution in [-0.4, -0.2) is 41.9 Å². The molecule has 1 amide bonds. The van der Waals surface area contributed by atoms with Crippen molar-refractivity contribution in [3.8, 4) is 0 Å². The van der Waals surface area contributed by atoms with Gasteiger partial charge in [-0.2, -0.15) is 8.42 Å². The zero-order chi connectivity index (χ0) is 26.2. The van der Waals surface area contributed by atoms with E-state index < -0.39 is 28.0 Å². The zero-order valence-electron chi connectivity index (χ0n) is 22.2. The summed E-state index contributed by atoms with van der Waals surface area (Å²) >= 11 is 0. The van der Waals surface area contributed by atoms with Crippen molar-refractivity contribution in [2.24, 2.45) is 0 Å². The van der Waals surface area contributed by atoms with E-state index in [1.54, 1.807) is 0 Å². The third-order valence-electron chi connectivity index (χ3n) is 5.86. The molecule has 35 heavy (non-hydrogen) atoms. The molecule has 204 valence electrons. The van der Waals surface area contributed by atoms with E-state index in [9.17, 15) is 22.9 Å². The van der Waals surface area contributed by atoms with Crippen LogP contribution in [-0.2, 0) is 14.9 Å². The van der Waals surface area contributed by atoms with Gasteiger partial charge in [-0.15, -0.1) is 0 Å². The lowest BCUT2D eigenvalue weighted by molar-refractivity contribution is -0.122. The first kappa shape index (κ1) is 33.6. The maximum Gasteiger partial charge on any atom is 0.266 e. The van der Waals surface area contributed by atoms with Crippen LogP contribution in [0.4, 0.5) is 0 Å². The molecule has 0 saturated heterocycles. The van der Waals surface area contributed by atoms with Crippen LogP contribution >= 0.6 is 0 Å². The molecule has 0 fully saturated rings. The Morgan fingerprint density at radius 1 is 0.800 bits per heavy atom. The largest absolute Gasteiger partial charge is 0.391 e. The summed E-state index contributed by atoms with van der Waals surface area (Å²) in [5, 5.41) is 13.1. The summed E-state index contributed by atoms with van der Waals surface area (Å²) in [4.78, 5) is 12.3. The van der Waals surface area contributed by atoms with E-state index in [2.05, 4.69) is 55.6 Å². The number of carbonyl (C=O) groups is 1. The topological polar surface area (TPSA) is 104 Å². The Balaban J connectivity index is 4.13. The van der Waals surface area contributed by atoms with Crippen molar-refractivity contribution in [3.63, 3.8) is 0 Å². The van der Waals surface area contributed by atoms with E-state index in [4.69, 9.17) is 0 Å². The standard InChI is InChI=1S/C28H51NO5S/c1-3-5-7-9-11-12-13-14-15-16-18-20-22-24-28(31)29-26(25-35(32,33)34)27(30)23-21-19-17-10-8-6-4-2/h5,7,11-12,14-15,26-27,30H,3-4,6,8-10,13,16-25H2,1-2H3,(H,29,31)(H,32,33,34)/b7-5-,12-11-,15-14-. The third-order valence-corrected chi connectivity index (χ3v) is 6.64. The highest BCUT2D eigenvalue weighted by atomic mass is 32.2. The Hall–Kier alpha value is -1.44. The Labute approximate surface area is 215 Å². The minimum atomic E-state index is -4.30. The summed E-state index contributed by atoms with van der Waals surface area (Å²) in [7, 11) is -4.30. The number of amides is 1. The van der Waals surface area contributed by atoms with Crippen molar-refractivity contribution in [2.45, 2.75) is 129 Å². The van der Waals surface area contributed by atoms with Gasteiger partial charge in [-0.1, -0.05) is 102 Å². The highest BCUT2D eigenvalue weighted by molar-refractivity contribution is 7.85. The maximum absolute atomic E-state index is 12.3. The lowest BCUT2D eigenvalue weighted by Gasteiger charge is -2.23. The second kappa shape index (κ2) is 23.0. The molecule has 0 aliphatic heterocycles. The van der Waals surface area contributed by atoms with Gasteiger partial charge >= 0.3 is 0 Å². The van der Waals surface area contributed by atoms with Gasteiger partial charge in [-0.25, -0.2) is 0 Å². The quantitative estimate of drug-likeness (QED) is 0.0804. The first-order valence-corrected chi connectivity index (χ1v) is 15.3. The van der Waals surface area contributed by atoms with Crippen LogP contribution in [0, 0.1) is 0 Å². The van der Waals surface area contributed by atoms with E-state index in [0.717, 1.165) is 57.8 Å². The average molecular weight is 514 g/mol. The summed E-state index contributed by atoms with van der Waals surface area (Å²) in [6, 6.07) is -0.981. The Bertz CT molecular complexity index is 700. The first-order valence-electron chi connectivity index (χ1n) is 13.7. The van der Waals surface area contributed by atoms with Gasteiger partial charge in [0.05, 0.1) is 17.9 Å². The van der Waals surface area contributed by atoms with E-state index in [1.807, 2.05) is 0 Å². The summed E-state index contributed by atoms with van der Waals surface area (Å²) < 4.78 is 32.0. The van der Waals surface area contributed by atoms with Crippen LogP contribution in [0.25, 0.3) is 0 Å². The maximum atomic E-state index is 12.3. The zero-order valence-corrected chi connectivity index (χ0v) is 23.0. The molecule has 0 aliphatic rings. The van der Waals surface area contributed by atoms with Crippen LogP contribution in [0.15, 0.2) is 36.5 Å². The van der Waals surface area contributed by atoms with Crippen molar-refractivity contribution in [3.05, 3.63) is 36.5 Å². The molecule has 3 N–H and O–H groups in total. The van der Waals surface area contributed by atoms with Crippen molar-refractivity contribution >= 4 is 16.0 Å². The normalized spacial score (nSPS) is 14.3. The second-order valence-electron chi connectivity index (χ2n) is 9.29. The molecule has 0 heterocycles. The molecule has 0 aliphatic carbocycles. The van der Waals surface area contributed by atoms with E-state index in [-0.39, 0.29) is 12.3 Å². The van der Waals surface area contributed by atoms with Crippen molar-refractivity contribution in [1.29, 1.82) is 0 Å². The number of nitrogens with one attached hydrogen (secondary N) is 1. The van der Waals surface area contributed by atoms with Crippen LogP contribution in [0.1, 0.15) is 117 Å². The van der Waals surface area contributed by atoms with Gasteiger partial charge in [-0.05, 0) is 44.9 Å². The summed E-state index contributed by atoms with van der Waals surface area (Å²) in [5.74, 6) is -0.945. The monoisotopic (exact) mass is 513 g/mol. The number of hydrogen-bond donors (Lipinski definition) is 3. The highest BCUT2D eigenvalue weighted by Crippen LogP contribution is 2.13. The van der Waals surface area contributed by atoms with E-state index in [1.165, 1.54) is 25.7 Å². The Morgan fingerprint density at radius 2 is 1.37 bits per heavy atom. The summed E-state index contributed by atoms with van der Waals surface area (Å²) in [6.07, 6.45) is 26.8. The smallest absolute Gasteiger partial charge is 0.266 e. The minimum Gasteiger partial charge on any atom is -0.391 e. The summed E-state index contributed by atoms with van der Waals surface area (Å²) in [5.41, 5.74) is 0. The van der Waals surface area contributed by atoms with Crippen LogP contribution in [0.2, 0.25) is 0 Å². The van der Waals surface area contributed by atoms with E-state index in [0.29, 0.717) is 12.8 Å². The Morgan fingerprint density at radius 3 is 2.00 bits per heavy atom. The lowest BCUT2D eigenvalue weighted by Crippen LogP contribution is -2.47. The molecule has 0 aromatic carbocycles. The van der Waals surface area contributed by atoms with Gasteiger partial charge in [0.25, 0.3) is 10.1 Å². The van der Waals surface area contributed by atoms with Gasteiger partial charge < -0.3 is 10.4 Å². The molecule has 7 heteroatoms. The van der Waals surface area contributed by atoms with Gasteiger partial charge in [0.1, 0.15) is 0 Å². The first-order chi connectivity index (χ1) is 16.8. The lowest BCUT2D eigenvalue weighted by atomic mass is 10.0. The van der Waals surface area contributed by atoms with Gasteiger partial charge in [0.15, 0.2) is 0 Å². The number of carbonyl (C=O) groups excluding carboxylic acids is 1. The molecule has 0 saturated carbocycles. The van der Waals surface area contributed by atoms with Gasteiger partial charge in [-0.3, -0.25) is 9.35 Å². The van der Waals surface area contributed by atoms with Crippen molar-refractivity contribution < 1.29 is 22.9 Å². The fourth-order valence-electron chi connectivity index (χ4n) is 3.82. The molecule has 0 radical (unpaired) electrons. The molecule has 2 unspecified atom stereocenters. The highest BCUT2D eigenvalue weighted by Gasteiger charge is 2.25. The number of aliphatic hydroxyl groups is 1. The average Bonchev–Trinajstić information content (AvgIpc) is 2.80. The molecular weight excluding hydrogens is 462 g/mol. The number of hydrogen-bond acceptors (Lipinski definition) is 4. The third kappa shape index (κ3) is 24.0. The second-order valence-corrected chi connectivity index (χ2v) is 10.8. The molecule has 0 bridgehead atoms. The molecule has 0 spiro atoms. The van der Waals surface area contributed by atoms with Crippen molar-refractivity contribution in [2.75, 3.05) is 5.75 Å². The van der Waals surface area contributed by atoms with Crippen LogP contribution < -0.4 is 5.32 Å². The molecular formula is C28H51NO5S. The molecule has 0 rings (SSSR count). The molecule has 0 aromatic heterocycles. The molecule has 0 aromatic rings. The number of aliphatic hydroxyl groups excluding tert-OH is 1. The van der Waals surface area contributed by atoms with Crippen molar-refractivity contribution in [1.82, 2.24) is 5.32 Å². The fourth-order valence-corrected chi connectivity index (χ4v) is 4.58. The van der Waals surface area contributed by atoms with Gasteiger partial charge in [0.2, 0.25) is 5.91 Å². The fraction of sp³-hybridized carbons (Fsp3) is 0.750. The number of unbranched alkanes of at least 4 members (excludes halogenated alkanes) is 9. The van der Waals surface area contributed by atoms with Gasteiger partial charge in [0, 0.05) is 6.42 Å². The van der Waals surface area contributed by atoms with Crippen LogP contribution in [0.3, 0.4) is 0 Å². The SMILES string of the molecule is CC/C=C\C/C=C\C/C=C\CCCCCC(=O)NC(CS(=O)(=O)O)C(O)CCCCCCCCC. The predicted octanol–water partition coefficient (Wildman–Crippen LogP) is 6.67.